The molecule has 4 atom stereocenters. The number of aliphatic hydroxyl groups is 1. The Kier molecular flexibility index (Phi) is 5.95. The van der Waals surface area contributed by atoms with E-state index in [9.17, 15) is 9.50 Å². The van der Waals surface area contributed by atoms with Gasteiger partial charge in [0.25, 0.3) is 0 Å². The maximum atomic E-state index is 13.9. The number of piperidine rings is 1. The van der Waals surface area contributed by atoms with E-state index in [1.165, 1.54) is 11.6 Å². The first kappa shape index (κ1) is 19.4. The second-order valence-electron chi connectivity index (χ2n) is 8.14. The highest BCUT2D eigenvalue weighted by molar-refractivity contribution is 5.24. The minimum atomic E-state index is -0.708. The molecular formula is C23H29FN2O2. The largest absolute Gasteiger partial charge is 0.485 e. The summed E-state index contributed by atoms with van der Waals surface area (Å²) in [5.41, 5.74) is 7.75. The molecule has 0 aromatic heterocycles. The Bertz CT molecular complexity index is 764. The number of hydrogen-bond donors (Lipinski definition) is 2. The first-order valence-electron chi connectivity index (χ1n) is 10.2. The smallest absolute Gasteiger partial charge is 0.165 e. The molecular weight excluding hydrogens is 355 g/mol. The van der Waals surface area contributed by atoms with E-state index in [4.69, 9.17) is 10.5 Å². The second kappa shape index (κ2) is 8.60. The van der Waals surface area contributed by atoms with Crippen molar-refractivity contribution in [2.24, 2.45) is 11.7 Å². The molecule has 2 aliphatic rings. The van der Waals surface area contributed by atoms with Crippen LogP contribution in [0.15, 0.2) is 54.6 Å². The van der Waals surface area contributed by atoms with Crippen molar-refractivity contribution >= 4 is 0 Å². The Balaban J connectivity index is 1.34. The van der Waals surface area contributed by atoms with Gasteiger partial charge in [-0.15, -0.1) is 0 Å². The van der Waals surface area contributed by atoms with Crippen LogP contribution < -0.4 is 10.5 Å². The number of ether oxygens (including phenoxy) is 1. The van der Waals surface area contributed by atoms with E-state index in [0.717, 1.165) is 32.4 Å². The Hall–Kier alpha value is -1.95. The molecule has 5 heteroatoms. The molecule has 2 aromatic carbocycles. The van der Waals surface area contributed by atoms with Crippen LogP contribution >= 0.6 is 0 Å². The summed E-state index contributed by atoms with van der Waals surface area (Å²) in [6.07, 6.45) is 2.66. The van der Waals surface area contributed by atoms with Crippen molar-refractivity contribution in [1.29, 1.82) is 0 Å². The van der Waals surface area contributed by atoms with Crippen LogP contribution in [0.4, 0.5) is 4.39 Å². The zero-order chi connectivity index (χ0) is 19.5. The quantitative estimate of drug-likeness (QED) is 0.832. The van der Waals surface area contributed by atoms with Crippen LogP contribution in [0.1, 0.15) is 24.8 Å². The van der Waals surface area contributed by atoms with E-state index in [-0.39, 0.29) is 17.8 Å². The predicted octanol–water partition coefficient (Wildman–Crippen LogP) is 2.99. The van der Waals surface area contributed by atoms with Crippen LogP contribution in [0, 0.1) is 11.7 Å². The summed E-state index contributed by atoms with van der Waals surface area (Å²) in [6, 6.07) is 16.6. The van der Waals surface area contributed by atoms with Crippen LogP contribution in [-0.2, 0) is 6.42 Å². The fourth-order valence-electron chi connectivity index (χ4n) is 4.73. The third kappa shape index (κ3) is 4.22. The van der Waals surface area contributed by atoms with Crippen LogP contribution in [0.25, 0.3) is 0 Å². The average molecular weight is 384 g/mol. The lowest BCUT2D eigenvalue weighted by Gasteiger charge is -2.39. The molecule has 3 N–H and O–H groups in total. The highest BCUT2D eigenvalue weighted by atomic mass is 19.1. The van der Waals surface area contributed by atoms with Crippen molar-refractivity contribution in [3.05, 3.63) is 66.0 Å². The minimum Gasteiger partial charge on any atom is -0.485 e. The van der Waals surface area contributed by atoms with Crippen molar-refractivity contribution in [2.75, 3.05) is 13.1 Å². The number of halogens is 1. The van der Waals surface area contributed by atoms with Crippen LogP contribution in [-0.4, -0.2) is 47.4 Å². The molecule has 1 heterocycles. The number of hydrogen-bond acceptors (Lipinski definition) is 4. The van der Waals surface area contributed by atoms with Crippen molar-refractivity contribution in [3.63, 3.8) is 0 Å². The highest BCUT2D eigenvalue weighted by Gasteiger charge is 2.46. The summed E-state index contributed by atoms with van der Waals surface area (Å²) in [6.45, 7) is 1.86. The Morgan fingerprint density at radius 1 is 1.04 bits per heavy atom. The van der Waals surface area contributed by atoms with Crippen LogP contribution in [0.5, 0.6) is 5.75 Å². The Morgan fingerprint density at radius 2 is 1.71 bits per heavy atom. The summed E-state index contributed by atoms with van der Waals surface area (Å²) >= 11 is 0. The van der Waals surface area contributed by atoms with Crippen LogP contribution in [0.2, 0.25) is 0 Å². The molecule has 0 spiro atoms. The van der Waals surface area contributed by atoms with Crippen molar-refractivity contribution in [1.82, 2.24) is 4.90 Å². The lowest BCUT2D eigenvalue weighted by atomic mass is 9.89. The first-order valence-corrected chi connectivity index (χ1v) is 10.2. The number of nitrogens with two attached hydrogens (primary N) is 1. The van der Waals surface area contributed by atoms with Gasteiger partial charge in [0.15, 0.2) is 11.6 Å². The third-order valence-corrected chi connectivity index (χ3v) is 6.23. The van der Waals surface area contributed by atoms with Gasteiger partial charge >= 0.3 is 0 Å². The Labute approximate surface area is 166 Å². The van der Waals surface area contributed by atoms with Gasteiger partial charge in [0, 0.05) is 12.5 Å². The van der Waals surface area contributed by atoms with Gasteiger partial charge < -0.3 is 15.6 Å². The number of benzene rings is 2. The summed E-state index contributed by atoms with van der Waals surface area (Å²) in [7, 11) is 0. The van der Waals surface area contributed by atoms with Gasteiger partial charge in [-0.05, 0) is 56.0 Å². The zero-order valence-corrected chi connectivity index (χ0v) is 16.1. The maximum absolute atomic E-state index is 13.9. The molecule has 4 nitrogen and oxygen atoms in total. The van der Waals surface area contributed by atoms with Gasteiger partial charge in [-0.3, -0.25) is 4.90 Å². The molecule has 1 saturated heterocycles. The zero-order valence-electron chi connectivity index (χ0n) is 16.1. The van der Waals surface area contributed by atoms with E-state index >= 15 is 0 Å². The van der Waals surface area contributed by atoms with Gasteiger partial charge in [-0.25, -0.2) is 4.39 Å². The van der Waals surface area contributed by atoms with E-state index < -0.39 is 18.0 Å². The topological polar surface area (TPSA) is 58.7 Å². The number of rotatable bonds is 5. The maximum Gasteiger partial charge on any atom is 0.165 e. The van der Waals surface area contributed by atoms with Gasteiger partial charge in [0.1, 0.15) is 12.2 Å². The molecule has 28 heavy (non-hydrogen) atoms. The van der Waals surface area contributed by atoms with Crippen molar-refractivity contribution in [3.8, 4) is 5.75 Å². The minimum absolute atomic E-state index is 0.130. The molecule has 0 radical (unpaired) electrons. The molecule has 0 amide bonds. The summed E-state index contributed by atoms with van der Waals surface area (Å²) in [5, 5.41) is 10.9. The molecule has 0 unspecified atom stereocenters. The van der Waals surface area contributed by atoms with Gasteiger partial charge in [-0.2, -0.15) is 0 Å². The van der Waals surface area contributed by atoms with Crippen LogP contribution in [0.3, 0.4) is 0 Å². The average Bonchev–Trinajstić information content (AvgIpc) is 2.98. The summed E-state index contributed by atoms with van der Waals surface area (Å²) in [5.74, 6) is 0.438. The first-order chi connectivity index (χ1) is 13.6. The molecule has 150 valence electrons. The molecule has 4 rings (SSSR count). The van der Waals surface area contributed by atoms with Crippen molar-refractivity contribution < 1.29 is 14.2 Å². The predicted molar refractivity (Wildman–Crippen MR) is 108 cm³/mol. The summed E-state index contributed by atoms with van der Waals surface area (Å²) in [4.78, 5) is 2.31. The number of para-hydroxylation sites is 1. The molecule has 1 aliphatic carbocycles. The lowest BCUT2D eigenvalue weighted by Crippen LogP contribution is -2.53. The summed E-state index contributed by atoms with van der Waals surface area (Å²) < 4.78 is 19.7. The molecule has 2 aromatic rings. The molecule has 2 fully saturated rings. The third-order valence-electron chi connectivity index (χ3n) is 6.23. The van der Waals surface area contributed by atoms with E-state index in [1.807, 2.05) is 0 Å². The van der Waals surface area contributed by atoms with E-state index in [2.05, 4.69) is 35.2 Å². The highest BCUT2D eigenvalue weighted by Crippen LogP contribution is 2.32. The molecule has 1 saturated carbocycles. The Morgan fingerprint density at radius 3 is 2.43 bits per heavy atom. The normalized spacial score (nSPS) is 29.1. The van der Waals surface area contributed by atoms with E-state index in [0.29, 0.717) is 12.3 Å². The fraction of sp³-hybridized carbons (Fsp3) is 0.478. The number of nitrogens with zero attached hydrogens (tertiary/aromatic N) is 1. The SMILES string of the molecule is N[C@@H]1C[C@@H](Oc2ccccc2F)[C@H](O)[C@H]1N1CCC(Cc2ccccc2)CC1. The standard InChI is InChI=1S/C23H29FN2O2/c24-18-8-4-5-9-20(18)28-21-15-19(25)22(23(21)27)26-12-10-17(11-13-26)14-16-6-2-1-3-7-16/h1-9,17,19,21-23,27H,10-15,25H2/t19-,21-,22+,23+/m1/s1. The van der Waals surface area contributed by atoms with Gasteiger partial charge in [-0.1, -0.05) is 42.5 Å². The second-order valence-corrected chi connectivity index (χ2v) is 8.14. The van der Waals surface area contributed by atoms with Crippen molar-refractivity contribution in [2.45, 2.75) is 50.0 Å². The van der Waals surface area contributed by atoms with Gasteiger partial charge in [0.05, 0.1) is 6.04 Å². The number of aliphatic hydroxyl groups excluding tert-OH is 1. The fourth-order valence-corrected chi connectivity index (χ4v) is 4.73. The monoisotopic (exact) mass is 384 g/mol. The molecule has 1 aliphatic heterocycles. The molecule has 0 bridgehead atoms. The van der Waals surface area contributed by atoms with E-state index in [1.54, 1.807) is 18.2 Å². The lowest BCUT2D eigenvalue weighted by molar-refractivity contribution is -0.00291. The number of likely N-dealkylation sites (tertiary alicyclic amines) is 1. The van der Waals surface area contributed by atoms with Gasteiger partial charge in [0.2, 0.25) is 0 Å².